The van der Waals surface area contributed by atoms with E-state index in [0.717, 1.165) is 69.1 Å². The Balaban J connectivity index is 1.11. The van der Waals surface area contributed by atoms with Gasteiger partial charge in [0.25, 0.3) is 0 Å². The van der Waals surface area contributed by atoms with Crippen molar-refractivity contribution in [3.05, 3.63) is 138 Å². The Labute approximate surface area is 383 Å². The fourth-order valence-electron chi connectivity index (χ4n) is 6.11. The topological polar surface area (TPSA) is 198 Å². The molecule has 16 heteroatoms. The number of hydrogen-bond acceptors (Lipinski definition) is 16. The van der Waals surface area contributed by atoms with Crippen molar-refractivity contribution in [3.63, 3.8) is 0 Å². The maximum absolute atomic E-state index is 12.5. The number of esters is 3. The van der Waals surface area contributed by atoms with E-state index in [0.29, 0.717) is 61.6 Å². The molecule has 1 atom stereocenters. The molecule has 4 aromatic rings. The first-order valence-electron chi connectivity index (χ1n) is 21.6. The van der Waals surface area contributed by atoms with Crippen LogP contribution in [-0.2, 0) is 45.1 Å². The Morgan fingerprint density at radius 3 is 1.68 bits per heavy atom. The van der Waals surface area contributed by atoms with Gasteiger partial charge in [-0.15, -0.1) is 0 Å². The first-order valence-corrected chi connectivity index (χ1v) is 21.6. The van der Waals surface area contributed by atoms with Crippen LogP contribution in [0.25, 0.3) is 0 Å². The lowest BCUT2D eigenvalue weighted by Crippen LogP contribution is -2.10. The van der Waals surface area contributed by atoms with Crippen LogP contribution >= 0.6 is 0 Å². The molecule has 66 heavy (non-hydrogen) atoms. The molecule has 4 rings (SSSR count). The summed E-state index contributed by atoms with van der Waals surface area (Å²) in [6, 6.07) is 23.1. The maximum Gasteiger partial charge on any atom is 0.330 e. The Morgan fingerprint density at radius 1 is 0.561 bits per heavy atom. The fraction of sp³-hybridized carbons (Fsp3) is 0.340. The smallest absolute Gasteiger partial charge is 0.330 e. The molecule has 1 unspecified atom stereocenters. The molecule has 4 aromatic carbocycles. The van der Waals surface area contributed by atoms with E-state index < -0.39 is 24.0 Å². The highest BCUT2D eigenvalue weighted by Gasteiger charge is 2.20. The minimum absolute atomic E-state index is 0.00988. The number of carbonyl (C=O) groups is 5. The third kappa shape index (κ3) is 19.1. The average molecular weight is 913 g/mol. The SMILES string of the molecule is C=CC(=O)OCCCCCCOc1ccc(COOc2ccc(OC(=O)CCCOOc3ccc(C(OO)c4ccc(OCCCCCCOC(=O)C=C)cc4)c(C=O)c3)cc2C=O)cc1. The molecule has 0 radical (unpaired) electrons. The van der Waals surface area contributed by atoms with Gasteiger partial charge in [-0.25, -0.2) is 14.5 Å². The van der Waals surface area contributed by atoms with Crippen LogP contribution in [0.3, 0.4) is 0 Å². The van der Waals surface area contributed by atoms with Gasteiger partial charge in [-0.3, -0.25) is 19.6 Å². The molecule has 0 saturated carbocycles. The highest BCUT2D eigenvalue weighted by molar-refractivity contribution is 5.82. The van der Waals surface area contributed by atoms with Crippen molar-refractivity contribution in [1.82, 2.24) is 0 Å². The van der Waals surface area contributed by atoms with Crippen LogP contribution in [0.4, 0.5) is 0 Å². The Kier molecular flexibility index (Phi) is 23.8. The number of ether oxygens (including phenoxy) is 5. The summed E-state index contributed by atoms with van der Waals surface area (Å²) in [6.45, 7) is 8.63. The molecular weight excluding hydrogens is 857 g/mol. The molecule has 0 aromatic heterocycles. The van der Waals surface area contributed by atoms with Crippen molar-refractivity contribution in [1.29, 1.82) is 0 Å². The second-order valence-electron chi connectivity index (χ2n) is 14.5. The largest absolute Gasteiger partial charge is 0.494 e. The molecule has 0 aliphatic rings. The summed E-state index contributed by atoms with van der Waals surface area (Å²) >= 11 is 0. The number of hydrogen-bond donors (Lipinski definition) is 1. The number of benzene rings is 4. The molecular formula is C50H56O16. The standard InChI is InChI=1S/C50H56O16/c1-3-47(53)59-29-11-7-5-9-27-57-41-19-15-37(16-20-41)36-62-66-46-26-24-43(33-40(46)35-52)63-49(55)14-13-31-61-65-44-23-25-45(39(32-44)34-51)50(64-56)38-17-21-42(22-18-38)58-28-10-6-8-12-30-60-48(54)4-2/h3-4,15-26,32-35,50,56H,1-2,5-14,27-31,36H2. The Morgan fingerprint density at radius 2 is 1.11 bits per heavy atom. The number of rotatable bonds is 34. The van der Waals surface area contributed by atoms with Gasteiger partial charge in [0.15, 0.2) is 24.1 Å². The molecule has 352 valence electrons. The highest BCUT2D eigenvalue weighted by atomic mass is 17.2. The first-order chi connectivity index (χ1) is 32.3. The van der Waals surface area contributed by atoms with Crippen LogP contribution in [0.1, 0.15) is 108 Å². The maximum atomic E-state index is 12.5. The van der Waals surface area contributed by atoms with Gasteiger partial charge in [-0.05, 0) is 129 Å². The third-order valence-electron chi connectivity index (χ3n) is 9.59. The number of aldehydes is 2. The van der Waals surface area contributed by atoms with E-state index in [9.17, 15) is 29.2 Å². The third-order valence-corrected chi connectivity index (χ3v) is 9.59. The van der Waals surface area contributed by atoms with Crippen molar-refractivity contribution < 1.29 is 77.4 Å². The molecule has 0 amide bonds. The van der Waals surface area contributed by atoms with Crippen molar-refractivity contribution in [2.24, 2.45) is 0 Å². The summed E-state index contributed by atoms with van der Waals surface area (Å²) in [5.41, 5.74) is 2.07. The van der Waals surface area contributed by atoms with Crippen molar-refractivity contribution in [3.8, 4) is 28.7 Å². The van der Waals surface area contributed by atoms with Gasteiger partial charge in [-0.2, -0.15) is 9.78 Å². The summed E-state index contributed by atoms with van der Waals surface area (Å²) in [5, 5.41) is 9.79. The van der Waals surface area contributed by atoms with Gasteiger partial charge in [-0.1, -0.05) is 43.5 Å². The summed E-state index contributed by atoms with van der Waals surface area (Å²) < 4.78 is 26.9. The van der Waals surface area contributed by atoms with Crippen molar-refractivity contribution in [2.75, 3.05) is 33.0 Å². The monoisotopic (exact) mass is 912 g/mol. The molecule has 0 saturated heterocycles. The van der Waals surface area contributed by atoms with Crippen LogP contribution in [0.2, 0.25) is 0 Å². The lowest BCUT2D eigenvalue weighted by atomic mass is 9.97. The van der Waals surface area contributed by atoms with E-state index in [1.807, 2.05) is 24.3 Å². The van der Waals surface area contributed by atoms with Crippen molar-refractivity contribution in [2.45, 2.75) is 76.9 Å². The molecule has 0 aliphatic heterocycles. The molecule has 16 nitrogen and oxygen atoms in total. The molecule has 0 aliphatic carbocycles. The molecule has 0 bridgehead atoms. The van der Waals surface area contributed by atoms with E-state index in [1.165, 1.54) is 24.3 Å². The van der Waals surface area contributed by atoms with Crippen LogP contribution in [0.5, 0.6) is 28.7 Å². The van der Waals surface area contributed by atoms with Crippen molar-refractivity contribution >= 4 is 30.5 Å². The van der Waals surface area contributed by atoms with E-state index in [4.69, 9.17) is 48.1 Å². The predicted octanol–water partition coefficient (Wildman–Crippen LogP) is 9.43. The Hall–Kier alpha value is -6.85. The minimum Gasteiger partial charge on any atom is -0.494 e. The zero-order chi connectivity index (χ0) is 47.2. The van der Waals surface area contributed by atoms with Gasteiger partial charge >= 0.3 is 17.9 Å². The summed E-state index contributed by atoms with van der Waals surface area (Å²) in [5.74, 6) is 0.418. The number of carbonyl (C=O) groups excluding carboxylic acids is 5. The second kappa shape index (κ2) is 30.3. The number of unbranched alkanes of at least 4 members (excludes halogenated alkanes) is 6. The van der Waals surface area contributed by atoms with Gasteiger partial charge in [0.1, 0.15) is 30.0 Å². The van der Waals surface area contributed by atoms with E-state index in [-0.39, 0.29) is 54.4 Å². The summed E-state index contributed by atoms with van der Waals surface area (Å²) in [7, 11) is 0. The zero-order valence-corrected chi connectivity index (χ0v) is 36.8. The van der Waals surface area contributed by atoms with E-state index in [2.05, 4.69) is 13.2 Å². The average Bonchev–Trinajstić information content (AvgIpc) is 3.34. The highest BCUT2D eigenvalue weighted by Crippen LogP contribution is 2.31. The Bertz CT molecular complexity index is 2130. The molecule has 0 spiro atoms. The van der Waals surface area contributed by atoms with Gasteiger partial charge in [0, 0.05) is 24.1 Å². The lowest BCUT2D eigenvalue weighted by Gasteiger charge is -2.17. The lowest BCUT2D eigenvalue weighted by molar-refractivity contribution is -0.270. The van der Waals surface area contributed by atoms with Crippen LogP contribution in [0, 0.1) is 0 Å². The zero-order valence-electron chi connectivity index (χ0n) is 36.8. The minimum atomic E-state index is -0.978. The van der Waals surface area contributed by atoms with E-state index in [1.54, 1.807) is 36.4 Å². The van der Waals surface area contributed by atoms with Crippen LogP contribution in [0.15, 0.2) is 110 Å². The van der Waals surface area contributed by atoms with Crippen LogP contribution in [-0.4, -0.2) is 68.8 Å². The normalized spacial score (nSPS) is 11.1. The van der Waals surface area contributed by atoms with Gasteiger partial charge < -0.3 is 33.5 Å². The fourth-order valence-corrected chi connectivity index (χ4v) is 6.11. The quantitative estimate of drug-likeness (QED) is 0.00883. The van der Waals surface area contributed by atoms with Gasteiger partial charge in [0.05, 0.1) is 38.6 Å². The predicted molar refractivity (Wildman–Crippen MR) is 239 cm³/mol. The summed E-state index contributed by atoms with van der Waals surface area (Å²) in [4.78, 5) is 84.5. The molecule has 0 fully saturated rings. The van der Waals surface area contributed by atoms with Gasteiger partial charge in [0.2, 0.25) is 0 Å². The van der Waals surface area contributed by atoms with E-state index >= 15 is 0 Å². The molecule has 0 heterocycles. The second-order valence-corrected chi connectivity index (χ2v) is 14.5. The molecule has 1 N–H and O–H groups in total. The first kappa shape index (κ1) is 51.8. The summed E-state index contributed by atoms with van der Waals surface area (Å²) in [6.07, 6.45) is 9.59. The van der Waals surface area contributed by atoms with Crippen LogP contribution < -0.4 is 24.0 Å².